The minimum atomic E-state index is 0.909. The molecule has 0 unspecified atom stereocenters. The fourth-order valence-corrected chi connectivity index (χ4v) is 2.31. The van der Waals surface area contributed by atoms with Crippen LogP contribution in [0.5, 0.6) is 0 Å². The van der Waals surface area contributed by atoms with Crippen LogP contribution in [0.1, 0.15) is 29.3 Å². The normalized spacial score (nSPS) is 11.0. The number of fused-ring (bicyclic) bond motifs is 1. The molecule has 0 saturated carbocycles. The van der Waals surface area contributed by atoms with Crippen LogP contribution in [-0.2, 0) is 6.42 Å². The Balaban J connectivity index is 2.98. The molecule has 16 heavy (non-hydrogen) atoms. The summed E-state index contributed by atoms with van der Waals surface area (Å²) in [6, 6.07) is 4.22. The summed E-state index contributed by atoms with van der Waals surface area (Å²) in [6.45, 7) is 8.33. The fraction of sp³-hybridized carbons (Fsp3) is 0.357. The van der Waals surface area contributed by atoms with Crippen molar-refractivity contribution < 1.29 is 0 Å². The monoisotopic (exact) mass is 214 g/mol. The van der Waals surface area contributed by atoms with Gasteiger partial charge in [-0.05, 0) is 43.9 Å². The van der Waals surface area contributed by atoms with Crippen LogP contribution in [0.2, 0.25) is 0 Å². The highest BCUT2D eigenvalue weighted by atomic mass is 14.7. The van der Waals surface area contributed by atoms with Crippen molar-refractivity contribution in [3.8, 4) is 0 Å². The molecule has 0 aliphatic rings. The molecular formula is C14H18N2. The van der Waals surface area contributed by atoms with Gasteiger partial charge in [0.15, 0.2) is 0 Å². The average molecular weight is 214 g/mol. The second-order valence-electron chi connectivity index (χ2n) is 4.37. The number of nitrogens with zero attached hydrogens (tertiary/aromatic N) is 1. The first-order valence-electron chi connectivity index (χ1n) is 5.71. The number of nitrogens with two attached hydrogens (primary N) is 1. The van der Waals surface area contributed by atoms with Crippen LogP contribution in [0.15, 0.2) is 12.1 Å². The number of benzene rings is 1. The molecule has 0 aliphatic heterocycles. The topological polar surface area (TPSA) is 38.9 Å². The van der Waals surface area contributed by atoms with Gasteiger partial charge in [-0.3, -0.25) is 4.98 Å². The van der Waals surface area contributed by atoms with Gasteiger partial charge in [0.05, 0.1) is 5.52 Å². The van der Waals surface area contributed by atoms with Crippen molar-refractivity contribution in [3.05, 3.63) is 34.5 Å². The van der Waals surface area contributed by atoms with E-state index in [0.717, 1.165) is 28.7 Å². The lowest BCUT2D eigenvalue weighted by molar-refractivity contribution is 1.07. The molecule has 0 spiro atoms. The molecule has 84 valence electrons. The van der Waals surface area contributed by atoms with Gasteiger partial charge in [-0.1, -0.05) is 19.1 Å². The maximum absolute atomic E-state index is 6.26. The van der Waals surface area contributed by atoms with Gasteiger partial charge in [-0.25, -0.2) is 0 Å². The lowest BCUT2D eigenvalue weighted by Gasteiger charge is -2.13. The first kappa shape index (κ1) is 10.9. The Hall–Kier alpha value is -1.57. The quantitative estimate of drug-likeness (QED) is 0.791. The van der Waals surface area contributed by atoms with Gasteiger partial charge < -0.3 is 5.73 Å². The van der Waals surface area contributed by atoms with Crippen molar-refractivity contribution in [2.24, 2.45) is 0 Å². The zero-order valence-corrected chi connectivity index (χ0v) is 10.4. The van der Waals surface area contributed by atoms with Crippen molar-refractivity contribution in [2.75, 3.05) is 5.73 Å². The van der Waals surface area contributed by atoms with Crippen LogP contribution in [-0.4, -0.2) is 4.98 Å². The molecule has 0 atom stereocenters. The fourth-order valence-electron chi connectivity index (χ4n) is 2.31. The van der Waals surface area contributed by atoms with Crippen LogP contribution in [0.4, 0.5) is 5.69 Å². The van der Waals surface area contributed by atoms with Crippen molar-refractivity contribution in [2.45, 2.75) is 34.1 Å². The van der Waals surface area contributed by atoms with Gasteiger partial charge in [-0.15, -0.1) is 0 Å². The number of nitrogen functional groups attached to an aromatic ring is 1. The van der Waals surface area contributed by atoms with Crippen molar-refractivity contribution in [3.63, 3.8) is 0 Å². The predicted molar refractivity (Wildman–Crippen MR) is 69.7 cm³/mol. The standard InChI is InChI=1S/C14H18N2/c1-5-11-10(4)16-14-9(3)7-6-8(2)12(14)13(11)15/h6-7H,5H2,1-4H3,(H2,15,16). The third kappa shape index (κ3) is 1.45. The largest absolute Gasteiger partial charge is 0.398 e. The summed E-state index contributed by atoms with van der Waals surface area (Å²) in [5.41, 5.74) is 12.9. The van der Waals surface area contributed by atoms with Crippen LogP contribution in [0.25, 0.3) is 10.9 Å². The van der Waals surface area contributed by atoms with Gasteiger partial charge in [-0.2, -0.15) is 0 Å². The van der Waals surface area contributed by atoms with Gasteiger partial charge >= 0.3 is 0 Å². The number of anilines is 1. The maximum Gasteiger partial charge on any atom is 0.0757 e. The summed E-state index contributed by atoms with van der Waals surface area (Å²) >= 11 is 0. The Morgan fingerprint density at radius 2 is 1.75 bits per heavy atom. The smallest absolute Gasteiger partial charge is 0.0757 e. The highest BCUT2D eigenvalue weighted by Gasteiger charge is 2.11. The van der Waals surface area contributed by atoms with E-state index in [1.807, 2.05) is 6.92 Å². The predicted octanol–water partition coefficient (Wildman–Crippen LogP) is 3.30. The first-order valence-corrected chi connectivity index (χ1v) is 5.71. The number of rotatable bonds is 1. The molecule has 0 bridgehead atoms. The zero-order chi connectivity index (χ0) is 11.9. The van der Waals surface area contributed by atoms with Crippen molar-refractivity contribution in [1.29, 1.82) is 0 Å². The van der Waals surface area contributed by atoms with E-state index in [4.69, 9.17) is 5.73 Å². The summed E-state index contributed by atoms with van der Waals surface area (Å²) in [4.78, 5) is 4.69. The summed E-state index contributed by atoms with van der Waals surface area (Å²) < 4.78 is 0. The third-order valence-electron chi connectivity index (χ3n) is 3.25. The molecule has 0 radical (unpaired) electrons. The van der Waals surface area contributed by atoms with Crippen LogP contribution < -0.4 is 5.73 Å². The van der Waals surface area contributed by atoms with Crippen molar-refractivity contribution in [1.82, 2.24) is 4.98 Å². The molecule has 2 rings (SSSR count). The van der Waals surface area contributed by atoms with Crippen LogP contribution in [0.3, 0.4) is 0 Å². The third-order valence-corrected chi connectivity index (χ3v) is 3.25. The Kier molecular flexibility index (Phi) is 2.58. The number of hydrogen-bond acceptors (Lipinski definition) is 2. The highest BCUT2D eigenvalue weighted by molar-refractivity contribution is 5.96. The number of pyridine rings is 1. The van der Waals surface area contributed by atoms with E-state index >= 15 is 0 Å². The minimum absolute atomic E-state index is 0.909. The minimum Gasteiger partial charge on any atom is -0.398 e. The average Bonchev–Trinajstić information content (AvgIpc) is 2.24. The van der Waals surface area contributed by atoms with Gasteiger partial charge in [0, 0.05) is 16.8 Å². The zero-order valence-electron chi connectivity index (χ0n) is 10.4. The van der Waals surface area contributed by atoms with Crippen LogP contribution >= 0.6 is 0 Å². The van der Waals surface area contributed by atoms with E-state index in [2.05, 4.69) is 37.9 Å². The molecule has 0 amide bonds. The molecule has 0 saturated heterocycles. The number of hydrogen-bond donors (Lipinski definition) is 1. The summed E-state index contributed by atoms with van der Waals surface area (Å²) in [6.07, 6.45) is 0.938. The molecule has 1 heterocycles. The molecule has 0 aliphatic carbocycles. The maximum atomic E-state index is 6.26. The van der Waals surface area contributed by atoms with Gasteiger partial charge in [0.2, 0.25) is 0 Å². The summed E-state index contributed by atoms with van der Waals surface area (Å²) in [5.74, 6) is 0. The molecule has 1 aromatic carbocycles. The first-order chi connectivity index (χ1) is 7.56. The van der Waals surface area contributed by atoms with E-state index in [1.54, 1.807) is 0 Å². The van der Waals surface area contributed by atoms with Crippen molar-refractivity contribution >= 4 is 16.6 Å². The van der Waals surface area contributed by atoms with E-state index in [-0.39, 0.29) is 0 Å². The number of aryl methyl sites for hydroxylation is 3. The molecular weight excluding hydrogens is 196 g/mol. The molecule has 2 N–H and O–H groups in total. The lowest BCUT2D eigenvalue weighted by Crippen LogP contribution is -2.02. The Labute approximate surface area is 96.5 Å². The Bertz CT molecular complexity index is 556. The summed E-state index contributed by atoms with van der Waals surface area (Å²) in [7, 11) is 0. The molecule has 2 aromatic rings. The number of aromatic nitrogens is 1. The highest BCUT2D eigenvalue weighted by Crippen LogP contribution is 2.30. The molecule has 1 aromatic heterocycles. The van der Waals surface area contributed by atoms with E-state index < -0.39 is 0 Å². The van der Waals surface area contributed by atoms with E-state index in [1.165, 1.54) is 16.7 Å². The molecule has 0 fully saturated rings. The SMILES string of the molecule is CCc1c(C)nc2c(C)ccc(C)c2c1N. The lowest BCUT2D eigenvalue weighted by atomic mass is 9.99. The van der Waals surface area contributed by atoms with E-state index in [0.29, 0.717) is 0 Å². The Morgan fingerprint density at radius 1 is 1.12 bits per heavy atom. The molecule has 2 nitrogen and oxygen atoms in total. The van der Waals surface area contributed by atoms with Crippen LogP contribution in [0, 0.1) is 20.8 Å². The molecule has 2 heteroatoms. The second-order valence-corrected chi connectivity index (χ2v) is 4.37. The Morgan fingerprint density at radius 3 is 2.38 bits per heavy atom. The summed E-state index contributed by atoms with van der Waals surface area (Å²) in [5, 5.41) is 1.13. The van der Waals surface area contributed by atoms with Gasteiger partial charge in [0.1, 0.15) is 0 Å². The second kappa shape index (κ2) is 3.78. The van der Waals surface area contributed by atoms with E-state index in [9.17, 15) is 0 Å². The van der Waals surface area contributed by atoms with Gasteiger partial charge in [0.25, 0.3) is 0 Å².